The highest BCUT2D eigenvalue weighted by Crippen LogP contribution is 2.11. The lowest BCUT2D eigenvalue weighted by Crippen LogP contribution is -2.50. The first-order valence-electron chi connectivity index (χ1n) is 6.81. The number of carbonyl (C=O) groups excluding carboxylic acids is 1. The first-order valence-corrected chi connectivity index (χ1v) is 6.81. The van der Waals surface area contributed by atoms with Gasteiger partial charge in [0.25, 0.3) is 0 Å². The molecule has 1 fully saturated rings. The van der Waals surface area contributed by atoms with E-state index >= 15 is 0 Å². The van der Waals surface area contributed by atoms with Gasteiger partial charge in [-0.2, -0.15) is 0 Å². The van der Waals surface area contributed by atoms with Crippen molar-refractivity contribution in [3.05, 3.63) is 0 Å². The molecule has 6 heteroatoms. The number of ether oxygens (including phenoxy) is 2. The van der Waals surface area contributed by atoms with Crippen LogP contribution in [0.2, 0.25) is 0 Å². The van der Waals surface area contributed by atoms with Crippen LogP contribution in [-0.4, -0.2) is 79.1 Å². The van der Waals surface area contributed by atoms with Gasteiger partial charge in [0, 0.05) is 32.7 Å². The Morgan fingerprint density at radius 1 is 1.16 bits per heavy atom. The Bertz CT molecular complexity index is 270. The average Bonchev–Trinajstić information content (AvgIpc) is 2.33. The molecule has 0 bridgehead atoms. The highest BCUT2D eigenvalue weighted by molar-refractivity contribution is 5.68. The van der Waals surface area contributed by atoms with Gasteiger partial charge in [0.2, 0.25) is 0 Å². The van der Waals surface area contributed by atoms with Crippen LogP contribution in [0.5, 0.6) is 0 Å². The zero-order chi connectivity index (χ0) is 14.3. The van der Waals surface area contributed by atoms with Gasteiger partial charge < -0.3 is 19.5 Å². The number of carbonyl (C=O) groups is 1. The molecule has 1 aliphatic rings. The van der Waals surface area contributed by atoms with Gasteiger partial charge in [-0.25, -0.2) is 4.79 Å². The monoisotopic (exact) mass is 274 g/mol. The maximum absolute atomic E-state index is 11.9. The molecule has 1 rings (SSSR count). The second-order valence-electron chi connectivity index (χ2n) is 5.65. The highest BCUT2D eigenvalue weighted by Gasteiger charge is 2.25. The molecule has 0 aromatic carbocycles. The molecule has 0 aliphatic carbocycles. The van der Waals surface area contributed by atoms with E-state index < -0.39 is 5.60 Å². The number of hydrogen-bond acceptors (Lipinski definition) is 5. The lowest BCUT2D eigenvalue weighted by molar-refractivity contribution is 0.0105. The van der Waals surface area contributed by atoms with Crippen molar-refractivity contribution in [1.82, 2.24) is 9.80 Å². The molecule has 0 aromatic heterocycles. The number of piperazine rings is 1. The average molecular weight is 274 g/mol. The first kappa shape index (κ1) is 16.2. The molecule has 1 amide bonds. The van der Waals surface area contributed by atoms with Gasteiger partial charge in [-0.3, -0.25) is 4.90 Å². The number of aliphatic hydroxyl groups excluding tert-OH is 1. The quantitative estimate of drug-likeness (QED) is 0.742. The van der Waals surface area contributed by atoms with Gasteiger partial charge in [-0.05, 0) is 20.8 Å². The van der Waals surface area contributed by atoms with Crippen molar-refractivity contribution >= 4 is 6.09 Å². The van der Waals surface area contributed by atoms with Crippen molar-refractivity contribution in [2.75, 3.05) is 52.5 Å². The van der Waals surface area contributed by atoms with Crippen LogP contribution in [-0.2, 0) is 9.47 Å². The summed E-state index contributed by atoms with van der Waals surface area (Å²) in [7, 11) is 0. The normalized spacial score (nSPS) is 17.6. The van der Waals surface area contributed by atoms with Crippen LogP contribution < -0.4 is 0 Å². The maximum atomic E-state index is 11.9. The molecule has 1 heterocycles. The van der Waals surface area contributed by atoms with E-state index in [4.69, 9.17) is 14.6 Å². The van der Waals surface area contributed by atoms with Gasteiger partial charge in [0.1, 0.15) is 5.60 Å². The summed E-state index contributed by atoms with van der Waals surface area (Å²) in [5, 5.41) is 8.60. The fourth-order valence-corrected chi connectivity index (χ4v) is 1.84. The van der Waals surface area contributed by atoms with Gasteiger partial charge in [-0.1, -0.05) is 0 Å². The minimum absolute atomic E-state index is 0.0619. The largest absolute Gasteiger partial charge is 0.444 e. The predicted octanol–water partition coefficient (Wildman–Crippen LogP) is 0.548. The Morgan fingerprint density at radius 2 is 1.79 bits per heavy atom. The van der Waals surface area contributed by atoms with Crippen molar-refractivity contribution in [1.29, 1.82) is 0 Å². The lowest BCUT2D eigenvalue weighted by atomic mass is 10.2. The summed E-state index contributed by atoms with van der Waals surface area (Å²) in [6.45, 7) is 10.6. The molecular weight excluding hydrogens is 248 g/mol. The molecule has 0 aromatic rings. The number of amides is 1. The zero-order valence-corrected chi connectivity index (χ0v) is 12.2. The molecule has 112 valence electrons. The van der Waals surface area contributed by atoms with Crippen molar-refractivity contribution in [2.24, 2.45) is 0 Å². The molecule has 6 nitrogen and oxygen atoms in total. The summed E-state index contributed by atoms with van der Waals surface area (Å²) in [4.78, 5) is 15.8. The second-order valence-corrected chi connectivity index (χ2v) is 5.65. The summed E-state index contributed by atoms with van der Waals surface area (Å²) >= 11 is 0. The smallest absolute Gasteiger partial charge is 0.410 e. The third-order valence-corrected chi connectivity index (χ3v) is 2.81. The van der Waals surface area contributed by atoms with Crippen LogP contribution in [0.3, 0.4) is 0 Å². The van der Waals surface area contributed by atoms with Crippen molar-refractivity contribution in [3.63, 3.8) is 0 Å². The SMILES string of the molecule is CC(C)(C)OC(=O)N1CCN(CCOCCO)CC1. The first-order chi connectivity index (χ1) is 8.92. The Morgan fingerprint density at radius 3 is 2.32 bits per heavy atom. The van der Waals surface area contributed by atoms with E-state index in [2.05, 4.69) is 4.90 Å². The van der Waals surface area contributed by atoms with Crippen molar-refractivity contribution in [2.45, 2.75) is 26.4 Å². The van der Waals surface area contributed by atoms with E-state index in [9.17, 15) is 4.79 Å². The molecule has 19 heavy (non-hydrogen) atoms. The molecule has 1 aliphatic heterocycles. The fourth-order valence-electron chi connectivity index (χ4n) is 1.84. The van der Waals surface area contributed by atoms with E-state index in [-0.39, 0.29) is 12.7 Å². The minimum atomic E-state index is -0.438. The summed E-state index contributed by atoms with van der Waals surface area (Å²) in [5.74, 6) is 0. The van der Waals surface area contributed by atoms with Crippen LogP contribution in [0.15, 0.2) is 0 Å². The lowest BCUT2D eigenvalue weighted by Gasteiger charge is -2.35. The number of rotatable bonds is 5. The molecule has 0 radical (unpaired) electrons. The van der Waals surface area contributed by atoms with Gasteiger partial charge in [0.05, 0.1) is 19.8 Å². The van der Waals surface area contributed by atoms with Gasteiger partial charge >= 0.3 is 6.09 Å². The van der Waals surface area contributed by atoms with Gasteiger partial charge in [0.15, 0.2) is 0 Å². The molecule has 0 spiro atoms. The maximum Gasteiger partial charge on any atom is 0.410 e. The highest BCUT2D eigenvalue weighted by atomic mass is 16.6. The van der Waals surface area contributed by atoms with Crippen molar-refractivity contribution < 1.29 is 19.4 Å². The van der Waals surface area contributed by atoms with Crippen LogP contribution in [0.4, 0.5) is 4.79 Å². The topological polar surface area (TPSA) is 62.2 Å². The Labute approximate surface area is 115 Å². The number of hydrogen-bond donors (Lipinski definition) is 1. The molecular formula is C13H26N2O4. The standard InChI is InChI=1S/C13H26N2O4/c1-13(2,3)19-12(17)15-6-4-14(5-7-15)8-10-18-11-9-16/h16H,4-11H2,1-3H3. The minimum Gasteiger partial charge on any atom is -0.444 e. The number of nitrogens with zero attached hydrogens (tertiary/aromatic N) is 2. The Kier molecular flexibility index (Phi) is 6.54. The molecule has 0 saturated carbocycles. The summed E-state index contributed by atoms with van der Waals surface area (Å²) in [6, 6.07) is 0. The summed E-state index contributed by atoms with van der Waals surface area (Å²) < 4.78 is 10.6. The van der Waals surface area contributed by atoms with Crippen LogP contribution >= 0.6 is 0 Å². The Balaban J connectivity index is 2.19. The Hall–Kier alpha value is -0.850. The molecule has 0 unspecified atom stereocenters. The molecule has 1 N–H and O–H groups in total. The van der Waals surface area contributed by atoms with E-state index in [0.717, 1.165) is 19.6 Å². The van der Waals surface area contributed by atoms with E-state index in [1.807, 2.05) is 20.8 Å². The fraction of sp³-hybridized carbons (Fsp3) is 0.923. The van der Waals surface area contributed by atoms with E-state index in [0.29, 0.717) is 26.3 Å². The van der Waals surface area contributed by atoms with Crippen molar-refractivity contribution in [3.8, 4) is 0 Å². The predicted molar refractivity (Wildman–Crippen MR) is 72.2 cm³/mol. The van der Waals surface area contributed by atoms with Crippen LogP contribution in [0.1, 0.15) is 20.8 Å². The molecule has 0 atom stereocenters. The number of aliphatic hydroxyl groups is 1. The summed E-state index contributed by atoms with van der Waals surface area (Å²) in [5.41, 5.74) is -0.438. The third-order valence-electron chi connectivity index (χ3n) is 2.81. The molecule has 1 saturated heterocycles. The third kappa shape index (κ3) is 6.75. The van der Waals surface area contributed by atoms with Crippen LogP contribution in [0, 0.1) is 0 Å². The zero-order valence-electron chi connectivity index (χ0n) is 12.2. The second kappa shape index (κ2) is 7.67. The van der Waals surface area contributed by atoms with E-state index in [1.165, 1.54) is 0 Å². The van der Waals surface area contributed by atoms with E-state index in [1.54, 1.807) is 4.90 Å². The summed E-state index contributed by atoms with van der Waals surface area (Å²) in [6.07, 6.45) is -0.233. The van der Waals surface area contributed by atoms with Gasteiger partial charge in [-0.15, -0.1) is 0 Å². The van der Waals surface area contributed by atoms with Crippen LogP contribution in [0.25, 0.3) is 0 Å².